The van der Waals surface area contributed by atoms with Crippen LogP contribution < -0.4 is 15.0 Å². The van der Waals surface area contributed by atoms with Crippen molar-refractivity contribution in [2.75, 3.05) is 18.0 Å². The van der Waals surface area contributed by atoms with E-state index < -0.39 is 0 Å². The van der Waals surface area contributed by atoms with Gasteiger partial charge in [0.15, 0.2) is 0 Å². The normalized spacial score (nSPS) is 10.4. The third-order valence-corrected chi connectivity index (χ3v) is 4.53. The van der Waals surface area contributed by atoms with Crippen LogP contribution in [0.25, 0.3) is 0 Å². The molecule has 0 radical (unpaired) electrons. The molecule has 1 amide bonds. The van der Waals surface area contributed by atoms with E-state index in [1.807, 2.05) is 30.3 Å². The first-order valence-corrected chi connectivity index (χ1v) is 9.60. The van der Waals surface area contributed by atoms with E-state index in [1.54, 1.807) is 24.4 Å². The number of halogens is 1. The Morgan fingerprint density at radius 3 is 2.45 bits per heavy atom. The number of ether oxygens (including phenoxy) is 1. The van der Waals surface area contributed by atoms with Gasteiger partial charge >= 0.3 is 0 Å². The third-order valence-electron chi connectivity index (χ3n) is 4.53. The van der Waals surface area contributed by atoms with Crippen LogP contribution in [0.4, 0.5) is 10.1 Å². The highest BCUT2D eigenvalue weighted by atomic mass is 19.1. The van der Waals surface area contributed by atoms with Crippen molar-refractivity contribution in [2.24, 2.45) is 0 Å². The number of anilines is 1. The maximum Gasteiger partial charge on any atom is 0.251 e. The van der Waals surface area contributed by atoms with E-state index in [0.29, 0.717) is 23.7 Å². The Kier molecular flexibility index (Phi) is 6.79. The molecule has 3 rings (SSSR count). The SMILES string of the molecule is CCN(CC)c1ccc(C(=O)NCc2ccc(Oc3cccc(F)c3)nc2)cc1. The summed E-state index contributed by atoms with van der Waals surface area (Å²) in [6, 6.07) is 17.0. The first-order chi connectivity index (χ1) is 14.1. The number of rotatable bonds is 8. The van der Waals surface area contributed by atoms with Crippen molar-refractivity contribution >= 4 is 11.6 Å². The number of carbonyl (C=O) groups excluding carboxylic acids is 1. The summed E-state index contributed by atoms with van der Waals surface area (Å²) >= 11 is 0. The van der Waals surface area contributed by atoms with Crippen molar-refractivity contribution in [1.82, 2.24) is 10.3 Å². The van der Waals surface area contributed by atoms with Crippen LogP contribution in [-0.2, 0) is 6.54 Å². The lowest BCUT2D eigenvalue weighted by atomic mass is 10.1. The molecule has 0 saturated heterocycles. The Hall–Kier alpha value is -3.41. The fourth-order valence-corrected chi connectivity index (χ4v) is 2.92. The molecule has 0 atom stereocenters. The van der Waals surface area contributed by atoms with Gasteiger partial charge in [0.2, 0.25) is 5.88 Å². The van der Waals surface area contributed by atoms with Crippen LogP contribution in [0.2, 0.25) is 0 Å². The van der Waals surface area contributed by atoms with Gasteiger partial charge in [0, 0.05) is 49.2 Å². The van der Waals surface area contributed by atoms with Gasteiger partial charge < -0.3 is 15.0 Å². The van der Waals surface area contributed by atoms with Gasteiger partial charge in [-0.2, -0.15) is 0 Å². The van der Waals surface area contributed by atoms with Crippen LogP contribution in [0.1, 0.15) is 29.8 Å². The van der Waals surface area contributed by atoms with Gasteiger partial charge in [0.05, 0.1) is 0 Å². The van der Waals surface area contributed by atoms with Crippen molar-refractivity contribution in [3.63, 3.8) is 0 Å². The summed E-state index contributed by atoms with van der Waals surface area (Å²) < 4.78 is 18.7. The van der Waals surface area contributed by atoms with E-state index in [2.05, 4.69) is 29.0 Å². The Balaban J connectivity index is 1.55. The standard InChI is InChI=1S/C23H24FN3O2/c1-3-27(4-2)20-11-9-18(10-12-20)23(28)26-16-17-8-13-22(25-15-17)29-21-7-5-6-19(24)14-21/h5-15H,3-4,16H2,1-2H3,(H,26,28). The van der Waals surface area contributed by atoms with Gasteiger partial charge in [-0.3, -0.25) is 4.79 Å². The number of amides is 1. The number of carbonyl (C=O) groups is 1. The van der Waals surface area contributed by atoms with E-state index in [-0.39, 0.29) is 11.7 Å². The molecule has 0 bridgehead atoms. The van der Waals surface area contributed by atoms with E-state index in [0.717, 1.165) is 24.3 Å². The van der Waals surface area contributed by atoms with Gasteiger partial charge in [0.1, 0.15) is 11.6 Å². The topological polar surface area (TPSA) is 54.5 Å². The number of hydrogen-bond donors (Lipinski definition) is 1. The van der Waals surface area contributed by atoms with Crippen LogP contribution in [0, 0.1) is 5.82 Å². The average Bonchev–Trinajstić information content (AvgIpc) is 2.74. The maximum atomic E-state index is 13.2. The largest absolute Gasteiger partial charge is 0.439 e. The Morgan fingerprint density at radius 2 is 1.83 bits per heavy atom. The van der Waals surface area contributed by atoms with Gasteiger partial charge in [-0.05, 0) is 55.8 Å². The van der Waals surface area contributed by atoms with E-state index >= 15 is 0 Å². The molecule has 0 aliphatic heterocycles. The zero-order chi connectivity index (χ0) is 20.6. The predicted octanol–water partition coefficient (Wildman–Crippen LogP) is 4.79. The molecule has 1 heterocycles. The van der Waals surface area contributed by atoms with Crippen LogP contribution in [0.5, 0.6) is 11.6 Å². The van der Waals surface area contributed by atoms with Crippen molar-refractivity contribution in [1.29, 1.82) is 0 Å². The lowest BCUT2D eigenvalue weighted by Gasteiger charge is -2.21. The lowest BCUT2D eigenvalue weighted by molar-refractivity contribution is 0.0951. The van der Waals surface area contributed by atoms with Crippen LogP contribution in [0.3, 0.4) is 0 Å². The number of hydrogen-bond acceptors (Lipinski definition) is 4. The summed E-state index contributed by atoms with van der Waals surface area (Å²) in [6.07, 6.45) is 1.62. The first-order valence-electron chi connectivity index (χ1n) is 9.60. The summed E-state index contributed by atoms with van der Waals surface area (Å²) in [6.45, 7) is 6.41. The maximum absolute atomic E-state index is 13.2. The van der Waals surface area contributed by atoms with Gasteiger partial charge in [-0.25, -0.2) is 9.37 Å². The van der Waals surface area contributed by atoms with Gasteiger partial charge in [-0.15, -0.1) is 0 Å². The lowest BCUT2D eigenvalue weighted by Crippen LogP contribution is -2.24. The quantitative estimate of drug-likeness (QED) is 0.598. The minimum Gasteiger partial charge on any atom is -0.439 e. The summed E-state index contributed by atoms with van der Waals surface area (Å²) in [4.78, 5) is 18.8. The molecule has 29 heavy (non-hydrogen) atoms. The monoisotopic (exact) mass is 393 g/mol. The molecule has 3 aromatic rings. The molecule has 0 spiro atoms. The van der Waals surface area contributed by atoms with Crippen molar-refractivity contribution in [3.8, 4) is 11.6 Å². The number of pyridine rings is 1. The van der Waals surface area contributed by atoms with E-state index in [4.69, 9.17) is 4.74 Å². The highest BCUT2D eigenvalue weighted by Crippen LogP contribution is 2.20. The number of benzene rings is 2. The highest BCUT2D eigenvalue weighted by Gasteiger charge is 2.08. The fourth-order valence-electron chi connectivity index (χ4n) is 2.92. The molecule has 0 fully saturated rings. The van der Waals surface area contributed by atoms with Crippen molar-refractivity contribution in [2.45, 2.75) is 20.4 Å². The van der Waals surface area contributed by atoms with Crippen LogP contribution in [-0.4, -0.2) is 24.0 Å². The van der Waals surface area contributed by atoms with Crippen molar-refractivity contribution in [3.05, 3.63) is 83.8 Å². The van der Waals surface area contributed by atoms with Crippen molar-refractivity contribution < 1.29 is 13.9 Å². The zero-order valence-corrected chi connectivity index (χ0v) is 16.6. The number of nitrogens with one attached hydrogen (secondary N) is 1. The molecular weight excluding hydrogens is 369 g/mol. The molecule has 0 unspecified atom stereocenters. The molecule has 2 aromatic carbocycles. The van der Waals surface area contributed by atoms with Gasteiger partial charge in [-0.1, -0.05) is 12.1 Å². The summed E-state index contributed by atoms with van der Waals surface area (Å²) in [5.41, 5.74) is 2.55. The smallest absolute Gasteiger partial charge is 0.251 e. The summed E-state index contributed by atoms with van der Waals surface area (Å²) in [5.74, 6) is 0.229. The molecule has 0 aliphatic rings. The van der Waals surface area contributed by atoms with Crippen LogP contribution in [0.15, 0.2) is 66.9 Å². The van der Waals surface area contributed by atoms with Crippen LogP contribution >= 0.6 is 0 Å². The minimum absolute atomic E-state index is 0.142. The molecule has 150 valence electrons. The third kappa shape index (κ3) is 5.54. The van der Waals surface area contributed by atoms with E-state index in [1.165, 1.54) is 12.1 Å². The van der Waals surface area contributed by atoms with Gasteiger partial charge in [0.25, 0.3) is 5.91 Å². The second-order valence-corrected chi connectivity index (χ2v) is 6.47. The van der Waals surface area contributed by atoms with E-state index in [9.17, 15) is 9.18 Å². The molecule has 1 aromatic heterocycles. The molecule has 5 nitrogen and oxygen atoms in total. The number of aromatic nitrogens is 1. The Bertz CT molecular complexity index is 939. The summed E-state index contributed by atoms with van der Waals surface area (Å²) in [7, 11) is 0. The molecular formula is C23H24FN3O2. The highest BCUT2D eigenvalue weighted by molar-refractivity contribution is 5.94. The molecule has 1 N–H and O–H groups in total. The Labute approximate surface area is 170 Å². The molecule has 6 heteroatoms. The second-order valence-electron chi connectivity index (χ2n) is 6.47. The molecule has 0 saturated carbocycles. The number of nitrogens with zero attached hydrogens (tertiary/aromatic N) is 2. The Morgan fingerprint density at radius 1 is 1.07 bits per heavy atom. The minimum atomic E-state index is -0.369. The molecule has 0 aliphatic carbocycles. The average molecular weight is 393 g/mol. The fraction of sp³-hybridized carbons (Fsp3) is 0.217. The summed E-state index contributed by atoms with van der Waals surface area (Å²) in [5, 5.41) is 2.89. The predicted molar refractivity (Wildman–Crippen MR) is 112 cm³/mol. The zero-order valence-electron chi connectivity index (χ0n) is 16.6. The second kappa shape index (κ2) is 9.68. The first kappa shape index (κ1) is 20.3.